The van der Waals surface area contributed by atoms with E-state index in [2.05, 4.69) is 36.4 Å². The maximum absolute atomic E-state index is 12.9. The standard InChI is InChI=1S/C26H28N6O/c1-18-12-22(8-9-28-18)29-26(33)25-23-14-20(6-7-24(23)30-31-25)21-13-19(15-27-16-21)17-32-10-4-2-3-5-11-32/h6-9,12-16H,2-5,10-11,17H2,1H3,(H,30,31)(H,28,29,33). The second-order valence-corrected chi connectivity index (χ2v) is 8.74. The predicted octanol–water partition coefficient (Wildman–Crippen LogP) is 4.96. The van der Waals surface area contributed by atoms with Crippen LogP contribution in [0.2, 0.25) is 0 Å². The van der Waals surface area contributed by atoms with Gasteiger partial charge in [-0.25, -0.2) is 0 Å². The van der Waals surface area contributed by atoms with Crippen molar-refractivity contribution >= 4 is 22.5 Å². The van der Waals surface area contributed by atoms with Crippen LogP contribution in [0.3, 0.4) is 0 Å². The summed E-state index contributed by atoms with van der Waals surface area (Å²) in [6, 6.07) is 11.8. The van der Waals surface area contributed by atoms with Gasteiger partial charge in [0.25, 0.3) is 5.91 Å². The number of carbonyl (C=O) groups excluding carboxylic acids is 1. The van der Waals surface area contributed by atoms with Crippen molar-refractivity contribution in [2.75, 3.05) is 18.4 Å². The Morgan fingerprint density at radius 3 is 2.70 bits per heavy atom. The summed E-state index contributed by atoms with van der Waals surface area (Å²) in [5, 5.41) is 11.0. The number of hydrogen-bond donors (Lipinski definition) is 2. The number of nitrogens with one attached hydrogen (secondary N) is 2. The third-order valence-corrected chi connectivity index (χ3v) is 6.17. The first-order chi connectivity index (χ1) is 16.2. The highest BCUT2D eigenvalue weighted by atomic mass is 16.1. The van der Waals surface area contributed by atoms with Crippen LogP contribution in [-0.4, -0.2) is 44.1 Å². The molecule has 5 rings (SSSR count). The summed E-state index contributed by atoms with van der Waals surface area (Å²) < 4.78 is 0. The molecule has 1 aliphatic rings. The Labute approximate surface area is 193 Å². The van der Waals surface area contributed by atoms with E-state index in [4.69, 9.17) is 0 Å². The summed E-state index contributed by atoms with van der Waals surface area (Å²) in [6.07, 6.45) is 10.7. The quantitative estimate of drug-likeness (QED) is 0.458. The van der Waals surface area contributed by atoms with Crippen LogP contribution in [0.4, 0.5) is 5.69 Å². The minimum atomic E-state index is -0.253. The molecule has 0 bridgehead atoms. The zero-order chi connectivity index (χ0) is 22.6. The molecule has 3 aromatic heterocycles. The molecule has 0 aliphatic carbocycles. The van der Waals surface area contributed by atoms with E-state index in [9.17, 15) is 4.79 Å². The zero-order valence-corrected chi connectivity index (χ0v) is 18.8. The molecule has 168 valence electrons. The molecule has 2 N–H and O–H groups in total. The fraction of sp³-hybridized carbons (Fsp3) is 0.308. The van der Waals surface area contributed by atoms with Gasteiger partial charge in [-0.3, -0.25) is 24.8 Å². The molecule has 7 heteroatoms. The Morgan fingerprint density at radius 2 is 1.88 bits per heavy atom. The Kier molecular flexibility index (Phi) is 6.13. The van der Waals surface area contributed by atoms with Gasteiger partial charge in [-0.05, 0) is 74.3 Å². The molecular formula is C26H28N6O. The number of amides is 1. The fourth-order valence-electron chi connectivity index (χ4n) is 4.46. The van der Waals surface area contributed by atoms with E-state index in [1.807, 2.05) is 43.6 Å². The third-order valence-electron chi connectivity index (χ3n) is 6.17. The van der Waals surface area contributed by atoms with Gasteiger partial charge in [0, 0.05) is 47.5 Å². The van der Waals surface area contributed by atoms with Crippen molar-refractivity contribution in [2.24, 2.45) is 0 Å². The van der Waals surface area contributed by atoms with E-state index in [0.29, 0.717) is 11.4 Å². The van der Waals surface area contributed by atoms with Gasteiger partial charge in [0.1, 0.15) is 0 Å². The number of H-pyrrole nitrogens is 1. The van der Waals surface area contributed by atoms with Crippen molar-refractivity contribution in [3.8, 4) is 11.1 Å². The number of carbonyl (C=O) groups is 1. The summed E-state index contributed by atoms with van der Waals surface area (Å²) in [5.74, 6) is -0.253. The zero-order valence-electron chi connectivity index (χ0n) is 18.8. The van der Waals surface area contributed by atoms with Crippen molar-refractivity contribution in [1.82, 2.24) is 25.1 Å². The number of hydrogen-bond acceptors (Lipinski definition) is 5. The first kappa shape index (κ1) is 21.3. The van der Waals surface area contributed by atoms with Gasteiger partial charge in [0.15, 0.2) is 5.69 Å². The van der Waals surface area contributed by atoms with E-state index in [1.54, 1.807) is 12.3 Å². The SMILES string of the molecule is Cc1cc(NC(=O)c2n[nH]c3ccc(-c4cncc(CN5CCCCCC5)c4)cc23)ccn1. The summed E-state index contributed by atoms with van der Waals surface area (Å²) >= 11 is 0. The Bertz CT molecular complexity index is 1270. The molecule has 1 aromatic carbocycles. The van der Waals surface area contributed by atoms with E-state index in [0.717, 1.165) is 47.4 Å². The highest BCUT2D eigenvalue weighted by molar-refractivity contribution is 6.11. The van der Waals surface area contributed by atoms with E-state index < -0.39 is 0 Å². The van der Waals surface area contributed by atoms with Crippen LogP contribution in [0.15, 0.2) is 55.0 Å². The number of aryl methyl sites for hydroxylation is 1. The Morgan fingerprint density at radius 1 is 1.03 bits per heavy atom. The number of likely N-dealkylation sites (tertiary alicyclic amines) is 1. The largest absolute Gasteiger partial charge is 0.320 e. The van der Waals surface area contributed by atoms with Gasteiger partial charge in [-0.15, -0.1) is 0 Å². The van der Waals surface area contributed by atoms with Gasteiger partial charge < -0.3 is 5.32 Å². The average Bonchev–Trinajstić information content (AvgIpc) is 3.08. The number of aromatic nitrogens is 4. The minimum Gasteiger partial charge on any atom is -0.320 e. The van der Waals surface area contributed by atoms with Crippen molar-refractivity contribution < 1.29 is 4.79 Å². The molecule has 7 nitrogen and oxygen atoms in total. The lowest BCUT2D eigenvalue weighted by Gasteiger charge is -2.19. The normalized spacial score (nSPS) is 14.8. The van der Waals surface area contributed by atoms with Crippen LogP contribution in [-0.2, 0) is 6.54 Å². The molecule has 33 heavy (non-hydrogen) atoms. The monoisotopic (exact) mass is 440 g/mol. The Balaban J connectivity index is 1.40. The number of benzene rings is 1. The topological polar surface area (TPSA) is 86.8 Å². The maximum Gasteiger partial charge on any atom is 0.276 e. The minimum absolute atomic E-state index is 0.253. The molecule has 0 saturated carbocycles. The lowest BCUT2D eigenvalue weighted by atomic mass is 10.0. The fourth-order valence-corrected chi connectivity index (χ4v) is 4.46. The molecule has 0 radical (unpaired) electrons. The average molecular weight is 441 g/mol. The Hall–Kier alpha value is -3.58. The van der Waals surface area contributed by atoms with Crippen molar-refractivity contribution in [2.45, 2.75) is 39.2 Å². The number of nitrogens with zero attached hydrogens (tertiary/aromatic N) is 4. The van der Waals surface area contributed by atoms with Crippen LogP contribution in [0, 0.1) is 6.92 Å². The van der Waals surface area contributed by atoms with Crippen LogP contribution >= 0.6 is 0 Å². The smallest absolute Gasteiger partial charge is 0.276 e. The third kappa shape index (κ3) is 4.93. The first-order valence-electron chi connectivity index (χ1n) is 11.5. The van der Waals surface area contributed by atoms with Crippen molar-refractivity contribution in [1.29, 1.82) is 0 Å². The van der Waals surface area contributed by atoms with Gasteiger partial charge in [0.2, 0.25) is 0 Å². The molecule has 0 atom stereocenters. The molecular weight excluding hydrogens is 412 g/mol. The molecule has 0 spiro atoms. The molecule has 1 saturated heterocycles. The lowest BCUT2D eigenvalue weighted by Crippen LogP contribution is -2.24. The molecule has 1 fully saturated rings. The molecule has 4 aromatic rings. The van der Waals surface area contributed by atoms with Crippen molar-refractivity contribution in [3.63, 3.8) is 0 Å². The highest BCUT2D eigenvalue weighted by Crippen LogP contribution is 2.26. The van der Waals surface area contributed by atoms with E-state index >= 15 is 0 Å². The number of aromatic amines is 1. The molecule has 0 unspecified atom stereocenters. The van der Waals surface area contributed by atoms with Crippen LogP contribution in [0.25, 0.3) is 22.0 Å². The first-order valence-corrected chi connectivity index (χ1v) is 11.5. The number of pyridine rings is 2. The van der Waals surface area contributed by atoms with Crippen molar-refractivity contribution in [3.05, 3.63) is 71.9 Å². The van der Waals surface area contributed by atoms with Gasteiger partial charge in [0.05, 0.1) is 5.52 Å². The van der Waals surface area contributed by atoms with E-state index in [-0.39, 0.29) is 5.91 Å². The van der Waals surface area contributed by atoms with E-state index in [1.165, 1.54) is 31.2 Å². The molecule has 1 amide bonds. The summed E-state index contributed by atoms with van der Waals surface area (Å²) in [7, 11) is 0. The second kappa shape index (κ2) is 9.50. The maximum atomic E-state index is 12.9. The summed E-state index contributed by atoms with van der Waals surface area (Å²) in [4.78, 5) is 24.1. The molecule has 4 heterocycles. The van der Waals surface area contributed by atoms with Crippen LogP contribution in [0.5, 0.6) is 0 Å². The number of anilines is 1. The lowest BCUT2D eigenvalue weighted by molar-refractivity contribution is 0.102. The van der Waals surface area contributed by atoms with Crippen LogP contribution in [0.1, 0.15) is 47.4 Å². The summed E-state index contributed by atoms with van der Waals surface area (Å²) in [6.45, 7) is 5.12. The highest BCUT2D eigenvalue weighted by Gasteiger charge is 2.16. The number of rotatable bonds is 5. The molecule has 1 aliphatic heterocycles. The van der Waals surface area contributed by atoms with Crippen LogP contribution < -0.4 is 5.32 Å². The van der Waals surface area contributed by atoms with Gasteiger partial charge >= 0.3 is 0 Å². The predicted molar refractivity (Wildman–Crippen MR) is 130 cm³/mol. The summed E-state index contributed by atoms with van der Waals surface area (Å²) in [5.41, 5.74) is 6.01. The van der Waals surface area contributed by atoms with Gasteiger partial charge in [-0.2, -0.15) is 5.10 Å². The van der Waals surface area contributed by atoms with Gasteiger partial charge in [-0.1, -0.05) is 18.9 Å². The second-order valence-electron chi connectivity index (χ2n) is 8.74. The number of fused-ring (bicyclic) bond motifs is 1.